The summed E-state index contributed by atoms with van der Waals surface area (Å²) in [5.74, 6) is -1.45. The largest absolute Gasteiger partial charge is 0.481 e. The minimum absolute atomic E-state index is 0.328. The van der Waals surface area contributed by atoms with Crippen LogP contribution in [0.4, 0.5) is 4.79 Å². The first-order valence-corrected chi connectivity index (χ1v) is 9.51. The number of carbonyl (C=O) groups is 2. The molecule has 0 saturated carbocycles. The molecule has 0 bridgehead atoms. The molecule has 2 aromatic rings. The van der Waals surface area contributed by atoms with E-state index in [1.165, 1.54) is 0 Å². The molecule has 0 aromatic heterocycles. The maximum Gasteiger partial charge on any atom is 0.407 e. The molecule has 0 aliphatic rings. The highest BCUT2D eigenvalue weighted by atomic mass is 16.6. The van der Waals surface area contributed by atoms with Gasteiger partial charge >= 0.3 is 12.1 Å². The molecule has 1 amide bonds. The van der Waals surface area contributed by atoms with Crippen LogP contribution >= 0.6 is 0 Å². The Hall–Kier alpha value is -2.82. The fourth-order valence-electron chi connectivity index (χ4n) is 2.94. The predicted octanol–water partition coefficient (Wildman–Crippen LogP) is 4.90. The quantitative estimate of drug-likeness (QED) is 0.713. The molecular formula is C23H29NO4. The number of carboxylic acid groups (broad SMARTS) is 1. The maximum atomic E-state index is 12.2. The molecule has 5 heteroatoms. The number of aliphatic carboxylic acids is 1. The summed E-state index contributed by atoms with van der Waals surface area (Å²) < 4.78 is 5.33. The van der Waals surface area contributed by atoms with Gasteiger partial charge in [-0.05, 0) is 50.3 Å². The minimum Gasteiger partial charge on any atom is -0.481 e. The Kier molecular flexibility index (Phi) is 7.21. The van der Waals surface area contributed by atoms with Gasteiger partial charge < -0.3 is 15.2 Å². The Morgan fingerprint density at radius 2 is 1.57 bits per heavy atom. The van der Waals surface area contributed by atoms with Crippen molar-refractivity contribution in [3.63, 3.8) is 0 Å². The van der Waals surface area contributed by atoms with Crippen LogP contribution in [0.15, 0.2) is 54.6 Å². The van der Waals surface area contributed by atoms with Crippen LogP contribution in [0.3, 0.4) is 0 Å². The summed E-state index contributed by atoms with van der Waals surface area (Å²) in [4.78, 5) is 23.4. The van der Waals surface area contributed by atoms with E-state index >= 15 is 0 Å². The molecule has 2 aromatic carbocycles. The van der Waals surface area contributed by atoms with E-state index in [1.54, 1.807) is 27.7 Å². The topological polar surface area (TPSA) is 75.6 Å². The fraction of sp³-hybridized carbons (Fsp3) is 0.391. The third-order valence-electron chi connectivity index (χ3n) is 4.32. The maximum absolute atomic E-state index is 12.2. The van der Waals surface area contributed by atoms with Crippen molar-refractivity contribution < 1.29 is 19.4 Å². The highest BCUT2D eigenvalue weighted by Gasteiger charge is 2.23. The molecule has 28 heavy (non-hydrogen) atoms. The molecule has 5 nitrogen and oxygen atoms in total. The molecule has 150 valence electrons. The molecule has 2 atom stereocenters. The zero-order valence-corrected chi connectivity index (χ0v) is 16.9. The molecule has 2 rings (SSSR count). The summed E-state index contributed by atoms with van der Waals surface area (Å²) in [5.41, 5.74) is 2.67. The van der Waals surface area contributed by atoms with Crippen LogP contribution in [-0.4, -0.2) is 28.8 Å². The van der Waals surface area contributed by atoms with Crippen molar-refractivity contribution in [1.82, 2.24) is 5.32 Å². The smallest absolute Gasteiger partial charge is 0.407 e. The number of amides is 1. The number of benzene rings is 2. The molecule has 2 N–H and O–H groups in total. The Morgan fingerprint density at radius 3 is 2.11 bits per heavy atom. The Balaban J connectivity index is 2.10. The average Bonchev–Trinajstić information content (AvgIpc) is 2.61. The average molecular weight is 383 g/mol. The molecule has 0 heterocycles. The minimum atomic E-state index is -0.879. The highest BCUT2D eigenvalue weighted by molar-refractivity contribution is 5.70. The van der Waals surface area contributed by atoms with Gasteiger partial charge in [0.25, 0.3) is 0 Å². The molecule has 0 spiro atoms. The van der Waals surface area contributed by atoms with Crippen molar-refractivity contribution in [2.24, 2.45) is 5.92 Å². The van der Waals surface area contributed by atoms with E-state index in [1.807, 2.05) is 42.5 Å². The number of rotatable bonds is 7. The van der Waals surface area contributed by atoms with Crippen molar-refractivity contribution in [2.45, 2.75) is 52.2 Å². The van der Waals surface area contributed by atoms with E-state index in [9.17, 15) is 14.7 Å². The van der Waals surface area contributed by atoms with E-state index in [4.69, 9.17) is 4.74 Å². The summed E-state index contributed by atoms with van der Waals surface area (Å²) in [6.45, 7) is 7.03. The lowest BCUT2D eigenvalue weighted by Gasteiger charge is -2.24. The van der Waals surface area contributed by atoms with Gasteiger partial charge in [-0.15, -0.1) is 0 Å². The summed E-state index contributed by atoms with van der Waals surface area (Å²) in [7, 11) is 0. The lowest BCUT2D eigenvalue weighted by Crippen LogP contribution is -2.41. The lowest BCUT2D eigenvalue weighted by atomic mass is 9.95. The number of hydrogen-bond donors (Lipinski definition) is 2. The van der Waals surface area contributed by atoms with Crippen molar-refractivity contribution >= 4 is 12.1 Å². The predicted molar refractivity (Wildman–Crippen MR) is 110 cm³/mol. The highest BCUT2D eigenvalue weighted by Crippen LogP contribution is 2.21. The molecule has 0 fully saturated rings. The zero-order valence-electron chi connectivity index (χ0n) is 16.9. The molecule has 0 aliphatic carbocycles. The van der Waals surface area contributed by atoms with Crippen molar-refractivity contribution in [3.8, 4) is 11.1 Å². The number of carboxylic acids is 1. The van der Waals surface area contributed by atoms with E-state index in [-0.39, 0.29) is 6.04 Å². The number of nitrogens with one attached hydrogen (secondary N) is 1. The van der Waals surface area contributed by atoms with E-state index < -0.39 is 23.6 Å². The Labute approximate surface area is 166 Å². The molecule has 0 saturated heterocycles. The van der Waals surface area contributed by atoms with Crippen LogP contribution in [0.2, 0.25) is 0 Å². The first-order valence-electron chi connectivity index (χ1n) is 9.51. The monoisotopic (exact) mass is 383 g/mol. The van der Waals surface area contributed by atoms with Gasteiger partial charge in [-0.1, -0.05) is 61.5 Å². The van der Waals surface area contributed by atoms with Crippen molar-refractivity contribution in [3.05, 3.63) is 60.2 Å². The third kappa shape index (κ3) is 7.06. The molecular weight excluding hydrogens is 354 g/mol. The van der Waals surface area contributed by atoms with Crippen LogP contribution in [0.5, 0.6) is 0 Å². The van der Waals surface area contributed by atoms with Crippen LogP contribution in [0.1, 0.15) is 39.7 Å². The first kappa shape index (κ1) is 21.5. The van der Waals surface area contributed by atoms with Gasteiger partial charge in [0.05, 0.1) is 5.92 Å². The van der Waals surface area contributed by atoms with Gasteiger partial charge in [-0.2, -0.15) is 0 Å². The normalized spacial score (nSPS) is 13.4. The van der Waals surface area contributed by atoms with Crippen LogP contribution in [-0.2, 0) is 16.0 Å². The molecule has 0 radical (unpaired) electrons. The number of carbonyl (C=O) groups excluding carboxylic acids is 1. The van der Waals surface area contributed by atoms with Gasteiger partial charge in [0.1, 0.15) is 5.60 Å². The second kappa shape index (κ2) is 9.40. The van der Waals surface area contributed by atoms with Crippen LogP contribution in [0.25, 0.3) is 11.1 Å². The first-order chi connectivity index (χ1) is 13.1. The third-order valence-corrected chi connectivity index (χ3v) is 4.32. The summed E-state index contributed by atoms with van der Waals surface area (Å²) >= 11 is 0. The standard InChI is InChI=1S/C23H29NO4/c1-16(21(25)26)14-20(24-22(27)28-23(2,3)4)15-17-10-12-19(13-11-17)18-8-6-5-7-9-18/h5-13,16,20H,14-15H2,1-4H3,(H,24,27)(H,25,26)/t16-,20?/m0/s1. The van der Waals surface area contributed by atoms with E-state index in [2.05, 4.69) is 17.4 Å². The van der Waals surface area contributed by atoms with Crippen molar-refractivity contribution in [1.29, 1.82) is 0 Å². The zero-order chi connectivity index (χ0) is 20.7. The van der Waals surface area contributed by atoms with Gasteiger partial charge in [-0.3, -0.25) is 4.79 Å². The molecule has 0 aliphatic heterocycles. The van der Waals surface area contributed by atoms with Gasteiger partial charge in [0.2, 0.25) is 0 Å². The number of hydrogen-bond acceptors (Lipinski definition) is 3. The Bertz CT molecular complexity index is 778. The second-order valence-electron chi connectivity index (χ2n) is 8.09. The van der Waals surface area contributed by atoms with Gasteiger partial charge in [-0.25, -0.2) is 4.79 Å². The number of ether oxygens (including phenoxy) is 1. The van der Waals surface area contributed by atoms with E-state index in [0.717, 1.165) is 16.7 Å². The summed E-state index contributed by atoms with van der Waals surface area (Å²) in [6, 6.07) is 17.8. The second-order valence-corrected chi connectivity index (χ2v) is 8.09. The van der Waals surface area contributed by atoms with Gasteiger partial charge in [0, 0.05) is 6.04 Å². The fourth-order valence-corrected chi connectivity index (χ4v) is 2.94. The lowest BCUT2D eigenvalue weighted by molar-refractivity contribution is -0.141. The number of alkyl carbamates (subject to hydrolysis) is 1. The molecule has 1 unspecified atom stereocenters. The van der Waals surface area contributed by atoms with E-state index in [0.29, 0.717) is 12.8 Å². The Morgan fingerprint density at radius 1 is 1.00 bits per heavy atom. The van der Waals surface area contributed by atoms with Crippen molar-refractivity contribution in [2.75, 3.05) is 0 Å². The SMILES string of the molecule is C[C@@H](CC(Cc1ccc(-c2ccccc2)cc1)NC(=O)OC(C)(C)C)C(=O)O. The van der Waals surface area contributed by atoms with Crippen LogP contribution in [0, 0.1) is 5.92 Å². The summed E-state index contributed by atoms with van der Waals surface area (Å²) in [5, 5.41) is 12.1. The van der Waals surface area contributed by atoms with Crippen LogP contribution < -0.4 is 5.32 Å². The summed E-state index contributed by atoms with van der Waals surface area (Å²) in [6.07, 6.45) is 0.331. The van der Waals surface area contributed by atoms with Gasteiger partial charge in [0.15, 0.2) is 0 Å².